The number of rotatable bonds is 3. The Morgan fingerprint density at radius 1 is 1.21 bits per heavy atom. The summed E-state index contributed by atoms with van der Waals surface area (Å²) in [6, 6.07) is 8.54. The van der Waals surface area contributed by atoms with Gasteiger partial charge < -0.3 is 9.30 Å². The van der Waals surface area contributed by atoms with Crippen LogP contribution in [0.2, 0.25) is 0 Å². The van der Waals surface area contributed by atoms with E-state index < -0.39 is 0 Å². The third kappa shape index (κ3) is 3.17. The summed E-state index contributed by atoms with van der Waals surface area (Å²) in [5.41, 5.74) is 1.19. The van der Waals surface area contributed by atoms with Crippen LogP contribution in [0, 0.1) is 9.49 Å². The lowest BCUT2D eigenvalue weighted by Gasteiger charge is -2.23. The number of halogens is 1. The lowest BCUT2D eigenvalue weighted by atomic mass is 10.0. The molecule has 0 saturated carbocycles. The number of hydrogen-bond acceptors (Lipinski definition) is 2. The summed E-state index contributed by atoms with van der Waals surface area (Å²) >= 11 is 2.33. The van der Waals surface area contributed by atoms with Gasteiger partial charge in [-0.2, -0.15) is 0 Å². The minimum atomic E-state index is 0.713. The van der Waals surface area contributed by atoms with E-state index in [4.69, 9.17) is 4.74 Å². The van der Waals surface area contributed by atoms with Crippen molar-refractivity contribution in [3.63, 3.8) is 0 Å². The van der Waals surface area contributed by atoms with Crippen LogP contribution in [-0.2, 0) is 11.3 Å². The van der Waals surface area contributed by atoms with Crippen molar-refractivity contribution < 1.29 is 4.74 Å². The van der Waals surface area contributed by atoms with Gasteiger partial charge in [-0.3, -0.25) is 0 Å². The lowest BCUT2D eigenvalue weighted by molar-refractivity contribution is 0.0614. The van der Waals surface area contributed by atoms with Gasteiger partial charge >= 0.3 is 0 Å². The van der Waals surface area contributed by atoms with Gasteiger partial charge in [0.2, 0.25) is 0 Å². The van der Waals surface area contributed by atoms with Gasteiger partial charge in [-0.25, -0.2) is 4.98 Å². The summed E-state index contributed by atoms with van der Waals surface area (Å²) in [6.45, 7) is 2.85. The second-order valence-electron chi connectivity index (χ2n) is 4.97. The molecular formula is C15H17IN2O. The van der Waals surface area contributed by atoms with Gasteiger partial charge in [0, 0.05) is 41.3 Å². The Labute approximate surface area is 127 Å². The van der Waals surface area contributed by atoms with Gasteiger partial charge in [-0.05, 0) is 53.5 Å². The molecule has 100 valence electrons. The van der Waals surface area contributed by atoms with E-state index in [2.05, 4.69) is 62.6 Å². The number of aromatic nitrogens is 2. The van der Waals surface area contributed by atoms with Crippen LogP contribution in [0.25, 0.3) is 11.4 Å². The Kier molecular flexibility index (Phi) is 4.18. The molecule has 4 heteroatoms. The smallest absolute Gasteiger partial charge is 0.139 e. The highest BCUT2D eigenvalue weighted by atomic mass is 127. The molecule has 1 fully saturated rings. The predicted molar refractivity (Wildman–Crippen MR) is 83.9 cm³/mol. The molecule has 3 rings (SSSR count). The summed E-state index contributed by atoms with van der Waals surface area (Å²) in [4.78, 5) is 4.51. The molecule has 0 bridgehead atoms. The first-order valence-corrected chi connectivity index (χ1v) is 7.75. The average molecular weight is 368 g/mol. The number of imidazole rings is 1. The normalized spacial score (nSPS) is 16.7. The number of nitrogens with zero attached hydrogens (tertiary/aromatic N) is 2. The van der Waals surface area contributed by atoms with Crippen molar-refractivity contribution in [2.45, 2.75) is 19.4 Å². The van der Waals surface area contributed by atoms with E-state index in [0.29, 0.717) is 5.92 Å². The van der Waals surface area contributed by atoms with Crippen molar-refractivity contribution >= 4 is 22.6 Å². The number of benzene rings is 1. The van der Waals surface area contributed by atoms with Gasteiger partial charge in [-0.15, -0.1) is 0 Å². The lowest BCUT2D eigenvalue weighted by Crippen LogP contribution is -2.20. The van der Waals surface area contributed by atoms with Crippen molar-refractivity contribution in [1.29, 1.82) is 0 Å². The third-order valence-corrected chi connectivity index (χ3v) is 4.33. The van der Waals surface area contributed by atoms with Crippen LogP contribution < -0.4 is 0 Å². The maximum absolute atomic E-state index is 5.42. The molecule has 1 aliphatic heterocycles. The topological polar surface area (TPSA) is 27.1 Å². The summed E-state index contributed by atoms with van der Waals surface area (Å²) in [5.74, 6) is 1.79. The van der Waals surface area contributed by atoms with Crippen LogP contribution in [0.3, 0.4) is 0 Å². The molecule has 0 N–H and O–H groups in total. The highest BCUT2D eigenvalue weighted by Crippen LogP contribution is 2.23. The molecule has 2 heterocycles. The highest BCUT2D eigenvalue weighted by molar-refractivity contribution is 14.1. The van der Waals surface area contributed by atoms with Crippen LogP contribution in [0.15, 0.2) is 36.7 Å². The minimum absolute atomic E-state index is 0.713. The van der Waals surface area contributed by atoms with Gasteiger partial charge in [0.15, 0.2) is 0 Å². The maximum atomic E-state index is 5.42. The zero-order valence-corrected chi connectivity index (χ0v) is 12.9. The van der Waals surface area contributed by atoms with Crippen LogP contribution in [-0.4, -0.2) is 22.8 Å². The quantitative estimate of drug-likeness (QED) is 0.775. The SMILES string of the molecule is Ic1ccc(-c2nccn2CC2CCOCC2)cc1. The van der Waals surface area contributed by atoms with E-state index in [9.17, 15) is 0 Å². The number of ether oxygens (including phenoxy) is 1. The summed E-state index contributed by atoms with van der Waals surface area (Å²) in [6.07, 6.45) is 6.30. The summed E-state index contributed by atoms with van der Waals surface area (Å²) in [5, 5.41) is 0. The molecule has 1 aromatic carbocycles. The van der Waals surface area contributed by atoms with Crippen LogP contribution in [0.4, 0.5) is 0 Å². The van der Waals surface area contributed by atoms with E-state index in [1.807, 2.05) is 6.20 Å². The molecule has 19 heavy (non-hydrogen) atoms. The second-order valence-corrected chi connectivity index (χ2v) is 6.21. The molecule has 1 aromatic heterocycles. The molecule has 0 aliphatic carbocycles. The van der Waals surface area contributed by atoms with Gasteiger partial charge in [-0.1, -0.05) is 12.1 Å². The monoisotopic (exact) mass is 368 g/mol. The average Bonchev–Trinajstić information content (AvgIpc) is 2.89. The Balaban J connectivity index is 1.79. The molecule has 3 nitrogen and oxygen atoms in total. The maximum Gasteiger partial charge on any atom is 0.139 e. The minimum Gasteiger partial charge on any atom is -0.381 e. The summed E-state index contributed by atoms with van der Waals surface area (Å²) in [7, 11) is 0. The molecule has 1 aliphatic rings. The fourth-order valence-electron chi connectivity index (χ4n) is 2.52. The van der Waals surface area contributed by atoms with E-state index in [1.54, 1.807) is 0 Å². The third-order valence-electron chi connectivity index (χ3n) is 3.61. The molecule has 0 amide bonds. The van der Waals surface area contributed by atoms with Crippen molar-refractivity contribution in [1.82, 2.24) is 9.55 Å². The van der Waals surface area contributed by atoms with Crippen LogP contribution in [0.1, 0.15) is 12.8 Å². The Bertz CT molecular complexity index is 529. The van der Waals surface area contributed by atoms with Gasteiger partial charge in [0.1, 0.15) is 5.82 Å². The van der Waals surface area contributed by atoms with Crippen molar-refractivity contribution in [2.75, 3.05) is 13.2 Å². The first-order valence-electron chi connectivity index (χ1n) is 6.68. The molecule has 0 atom stereocenters. The standard InChI is InChI=1S/C15H17IN2O/c16-14-3-1-13(2-4-14)15-17-7-8-18(15)11-12-5-9-19-10-6-12/h1-4,7-8,12H,5-6,9-11H2. The molecule has 0 radical (unpaired) electrons. The Morgan fingerprint density at radius 2 is 1.95 bits per heavy atom. The van der Waals surface area contributed by atoms with E-state index >= 15 is 0 Å². The van der Waals surface area contributed by atoms with Crippen molar-refractivity contribution in [3.05, 3.63) is 40.2 Å². The highest BCUT2D eigenvalue weighted by Gasteiger charge is 2.16. The largest absolute Gasteiger partial charge is 0.381 e. The zero-order valence-electron chi connectivity index (χ0n) is 10.8. The molecule has 1 saturated heterocycles. The fourth-order valence-corrected chi connectivity index (χ4v) is 2.88. The molecule has 0 unspecified atom stereocenters. The van der Waals surface area contributed by atoms with Crippen LogP contribution in [0.5, 0.6) is 0 Å². The second kappa shape index (κ2) is 6.05. The van der Waals surface area contributed by atoms with Gasteiger partial charge in [0.25, 0.3) is 0 Å². The Morgan fingerprint density at radius 3 is 2.68 bits per heavy atom. The van der Waals surface area contributed by atoms with E-state index in [0.717, 1.165) is 38.4 Å². The van der Waals surface area contributed by atoms with E-state index in [-0.39, 0.29) is 0 Å². The van der Waals surface area contributed by atoms with Crippen molar-refractivity contribution in [2.24, 2.45) is 5.92 Å². The van der Waals surface area contributed by atoms with Gasteiger partial charge in [0.05, 0.1) is 0 Å². The molecule has 0 spiro atoms. The van der Waals surface area contributed by atoms with Crippen LogP contribution >= 0.6 is 22.6 Å². The number of hydrogen-bond donors (Lipinski definition) is 0. The predicted octanol–water partition coefficient (Wildman–Crippen LogP) is 3.58. The Hall–Kier alpha value is -0.880. The first-order chi connectivity index (χ1) is 9.33. The summed E-state index contributed by atoms with van der Waals surface area (Å²) < 4.78 is 8.95. The van der Waals surface area contributed by atoms with Crippen molar-refractivity contribution in [3.8, 4) is 11.4 Å². The fraction of sp³-hybridized carbons (Fsp3) is 0.400. The molecular weight excluding hydrogens is 351 g/mol. The zero-order chi connectivity index (χ0) is 13.1. The van der Waals surface area contributed by atoms with E-state index in [1.165, 1.54) is 9.13 Å². The first kappa shape index (κ1) is 13.1. The molecule has 2 aromatic rings.